The third-order valence-corrected chi connectivity index (χ3v) is 4.53. The molecule has 2 aromatic carbocycles. The molecular weight excluding hydrogens is 450 g/mol. The monoisotopic (exact) mass is 473 g/mol. The smallest absolute Gasteiger partial charge is 0.348 e. The number of ether oxygens (including phenoxy) is 4. The fraction of sp³-hybridized carbons (Fsp3) is 0.304. The van der Waals surface area contributed by atoms with Gasteiger partial charge in [0, 0.05) is 0 Å². The SMILES string of the molecule is CCOC(=O)/C(C#N)=C/c1cc(Br)c(OCCOc2ccccc2C)c(OCC)c1. The fourth-order valence-corrected chi connectivity index (χ4v) is 3.17. The van der Waals surface area contributed by atoms with Gasteiger partial charge in [-0.15, -0.1) is 0 Å². The molecule has 6 nitrogen and oxygen atoms in total. The summed E-state index contributed by atoms with van der Waals surface area (Å²) in [4.78, 5) is 11.9. The standard InChI is InChI=1S/C23H24BrNO5/c1-4-27-21-14-17(12-18(15-25)23(26)28-5-2)13-19(24)22(21)30-11-10-29-20-9-7-6-8-16(20)3/h6-9,12-14H,4-5,10-11H2,1-3H3/b18-12+. The summed E-state index contributed by atoms with van der Waals surface area (Å²) in [5, 5.41) is 9.24. The van der Waals surface area contributed by atoms with E-state index in [-0.39, 0.29) is 12.2 Å². The van der Waals surface area contributed by atoms with Gasteiger partial charge in [0.1, 0.15) is 30.6 Å². The third-order valence-electron chi connectivity index (χ3n) is 3.94. The molecule has 7 heteroatoms. The summed E-state index contributed by atoms with van der Waals surface area (Å²) in [7, 11) is 0. The van der Waals surface area contributed by atoms with Crippen LogP contribution in [0.5, 0.6) is 17.2 Å². The number of carbonyl (C=O) groups is 1. The van der Waals surface area contributed by atoms with Gasteiger partial charge in [0.15, 0.2) is 11.5 Å². The Morgan fingerprint density at radius 1 is 1.07 bits per heavy atom. The van der Waals surface area contributed by atoms with E-state index in [4.69, 9.17) is 18.9 Å². The second-order valence-electron chi connectivity index (χ2n) is 6.12. The second-order valence-corrected chi connectivity index (χ2v) is 6.97. The van der Waals surface area contributed by atoms with Crippen molar-refractivity contribution in [2.24, 2.45) is 0 Å². The molecule has 0 atom stereocenters. The maximum atomic E-state index is 11.9. The highest BCUT2D eigenvalue weighted by Gasteiger charge is 2.15. The highest BCUT2D eigenvalue weighted by atomic mass is 79.9. The zero-order valence-electron chi connectivity index (χ0n) is 17.2. The number of halogens is 1. The van der Waals surface area contributed by atoms with Crippen LogP contribution in [0.25, 0.3) is 6.08 Å². The van der Waals surface area contributed by atoms with Gasteiger partial charge in [-0.3, -0.25) is 0 Å². The molecule has 0 bridgehead atoms. The quantitative estimate of drug-likeness (QED) is 0.207. The van der Waals surface area contributed by atoms with Crippen molar-refractivity contribution in [2.75, 3.05) is 26.4 Å². The minimum Gasteiger partial charge on any atom is -0.490 e. The summed E-state index contributed by atoms with van der Waals surface area (Å²) in [6.45, 7) is 6.84. The molecule has 0 radical (unpaired) electrons. The Bertz CT molecular complexity index is 949. The molecular formula is C23H24BrNO5. The lowest BCUT2D eigenvalue weighted by Gasteiger charge is -2.15. The Kier molecular flexibility index (Phi) is 9.23. The molecule has 30 heavy (non-hydrogen) atoms. The lowest BCUT2D eigenvalue weighted by molar-refractivity contribution is -0.137. The van der Waals surface area contributed by atoms with Crippen molar-refractivity contribution < 1.29 is 23.7 Å². The topological polar surface area (TPSA) is 77.8 Å². The largest absolute Gasteiger partial charge is 0.490 e. The normalized spacial score (nSPS) is 10.8. The molecule has 0 aliphatic carbocycles. The van der Waals surface area contributed by atoms with Gasteiger partial charge in [-0.05, 0) is 72.1 Å². The molecule has 0 amide bonds. The van der Waals surface area contributed by atoms with Crippen LogP contribution in [0.1, 0.15) is 25.0 Å². The number of hydrogen-bond donors (Lipinski definition) is 0. The van der Waals surface area contributed by atoms with Gasteiger partial charge in [0.25, 0.3) is 0 Å². The van der Waals surface area contributed by atoms with E-state index in [0.29, 0.717) is 41.4 Å². The average molecular weight is 474 g/mol. The minimum atomic E-state index is -0.664. The summed E-state index contributed by atoms with van der Waals surface area (Å²) < 4.78 is 22.9. The Morgan fingerprint density at radius 2 is 1.80 bits per heavy atom. The van der Waals surface area contributed by atoms with Crippen molar-refractivity contribution in [3.8, 4) is 23.3 Å². The van der Waals surface area contributed by atoms with Gasteiger partial charge < -0.3 is 18.9 Å². The van der Waals surface area contributed by atoms with Crippen molar-refractivity contribution >= 4 is 28.0 Å². The van der Waals surface area contributed by atoms with Crippen LogP contribution >= 0.6 is 15.9 Å². The van der Waals surface area contributed by atoms with Crippen molar-refractivity contribution in [3.05, 3.63) is 57.6 Å². The first kappa shape index (κ1) is 23.3. The van der Waals surface area contributed by atoms with Crippen LogP contribution in [0.4, 0.5) is 0 Å². The maximum absolute atomic E-state index is 11.9. The summed E-state index contributed by atoms with van der Waals surface area (Å²) in [5.74, 6) is 1.17. The van der Waals surface area contributed by atoms with Gasteiger partial charge in [0.05, 0.1) is 17.7 Å². The molecule has 0 aliphatic heterocycles. The first-order valence-electron chi connectivity index (χ1n) is 9.56. The molecule has 0 N–H and O–H groups in total. The van der Waals surface area contributed by atoms with E-state index in [2.05, 4.69) is 15.9 Å². The third kappa shape index (κ3) is 6.53. The van der Waals surface area contributed by atoms with Gasteiger partial charge in [-0.25, -0.2) is 4.79 Å². The first-order chi connectivity index (χ1) is 14.5. The van der Waals surface area contributed by atoms with E-state index in [0.717, 1.165) is 11.3 Å². The number of hydrogen-bond acceptors (Lipinski definition) is 6. The van der Waals surface area contributed by atoms with Crippen LogP contribution in [0.2, 0.25) is 0 Å². The summed E-state index contributed by atoms with van der Waals surface area (Å²) in [6, 6.07) is 13.1. The van der Waals surface area contributed by atoms with Crippen LogP contribution in [0.15, 0.2) is 46.4 Å². The molecule has 2 aromatic rings. The number of para-hydroxylation sites is 1. The van der Waals surface area contributed by atoms with E-state index in [9.17, 15) is 10.1 Å². The van der Waals surface area contributed by atoms with Gasteiger partial charge >= 0.3 is 5.97 Å². The minimum absolute atomic E-state index is 0.0912. The number of nitriles is 1. The van der Waals surface area contributed by atoms with E-state index >= 15 is 0 Å². The van der Waals surface area contributed by atoms with Crippen LogP contribution in [-0.4, -0.2) is 32.4 Å². The number of benzene rings is 2. The van der Waals surface area contributed by atoms with Crippen molar-refractivity contribution in [1.29, 1.82) is 5.26 Å². The molecule has 158 valence electrons. The molecule has 2 rings (SSSR count). The Labute approximate surface area is 185 Å². The van der Waals surface area contributed by atoms with Crippen molar-refractivity contribution in [2.45, 2.75) is 20.8 Å². The number of carbonyl (C=O) groups excluding carboxylic acids is 1. The first-order valence-corrected chi connectivity index (χ1v) is 10.4. The number of esters is 1. The summed E-state index contributed by atoms with van der Waals surface area (Å²) >= 11 is 3.48. The van der Waals surface area contributed by atoms with E-state index in [1.807, 2.05) is 44.2 Å². The Hall–Kier alpha value is -2.98. The second kappa shape index (κ2) is 11.9. The summed E-state index contributed by atoms with van der Waals surface area (Å²) in [5.41, 5.74) is 1.57. The van der Waals surface area contributed by atoms with Gasteiger partial charge in [-0.2, -0.15) is 5.26 Å². The van der Waals surface area contributed by atoms with Crippen LogP contribution in [0, 0.1) is 18.3 Å². The van der Waals surface area contributed by atoms with E-state index in [1.54, 1.807) is 19.1 Å². The Balaban J connectivity index is 2.15. The maximum Gasteiger partial charge on any atom is 0.348 e. The highest BCUT2D eigenvalue weighted by Crippen LogP contribution is 2.37. The molecule has 0 saturated heterocycles. The average Bonchev–Trinajstić information content (AvgIpc) is 2.72. The number of rotatable bonds is 10. The predicted molar refractivity (Wildman–Crippen MR) is 118 cm³/mol. The molecule has 0 aliphatic rings. The zero-order chi connectivity index (χ0) is 21.9. The lowest BCUT2D eigenvalue weighted by atomic mass is 10.1. The molecule has 0 saturated carbocycles. The number of nitrogens with zero attached hydrogens (tertiary/aromatic N) is 1. The van der Waals surface area contributed by atoms with Gasteiger partial charge in [0.2, 0.25) is 0 Å². The lowest BCUT2D eigenvalue weighted by Crippen LogP contribution is -2.11. The molecule has 0 spiro atoms. The van der Waals surface area contributed by atoms with Crippen LogP contribution in [0.3, 0.4) is 0 Å². The predicted octanol–water partition coefficient (Wildman–Crippen LogP) is 5.08. The van der Waals surface area contributed by atoms with Crippen molar-refractivity contribution in [1.82, 2.24) is 0 Å². The molecule has 0 fully saturated rings. The van der Waals surface area contributed by atoms with E-state index in [1.165, 1.54) is 6.08 Å². The fourth-order valence-electron chi connectivity index (χ4n) is 2.60. The zero-order valence-corrected chi connectivity index (χ0v) is 18.8. The van der Waals surface area contributed by atoms with Crippen LogP contribution in [-0.2, 0) is 9.53 Å². The molecule has 0 heterocycles. The molecule has 0 unspecified atom stereocenters. The molecule has 0 aromatic heterocycles. The summed E-state index contributed by atoms with van der Waals surface area (Å²) in [6.07, 6.45) is 1.45. The van der Waals surface area contributed by atoms with E-state index < -0.39 is 5.97 Å². The van der Waals surface area contributed by atoms with Crippen LogP contribution < -0.4 is 14.2 Å². The van der Waals surface area contributed by atoms with Crippen molar-refractivity contribution in [3.63, 3.8) is 0 Å². The highest BCUT2D eigenvalue weighted by molar-refractivity contribution is 9.10. The Morgan fingerprint density at radius 3 is 2.47 bits per heavy atom. The number of aryl methyl sites for hydroxylation is 1. The van der Waals surface area contributed by atoms with Gasteiger partial charge in [-0.1, -0.05) is 18.2 Å².